The number of fused-ring (bicyclic) bond motifs is 3. The molecule has 0 bridgehead atoms. The molecule has 33 heavy (non-hydrogen) atoms. The van der Waals surface area contributed by atoms with Crippen LogP contribution in [0.5, 0.6) is 0 Å². The normalized spacial score (nSPS) is 12.1. The summed E-state index contributed by atoms with van der Waals surface area (Å²) in [6.07, 6.45) is 3.38. The average Bonchev–Trinajstić information content (AvgIpc) is 3.32. The van der Waals surface area contributed by atoms with Crippen LogP contribution in [0.3, 0.4) is 0 Å². The van der Waals surface area contributed by atoms with Crippen LogP contribution in [0.4, 0.5) is 0 Å². The van der Waals surface area contributed by atoms with E-state index in [0.717, 1.165) is 47.5 Å². The number of rotatable bonds is 7. The lowest BCUT2D eigenvalue weighted by molar-refractivity contribution is -0.137. The molecule has 0 aliphatic heterocycles. The van der Waals surface area contributed by atoms with Crippen molar-refractivity contribution >= 4 is 17.8 Å². The maximum atomic E-state index is 12.7. The quantitative estimate of drug-likeness (QED) is 0.167. The highest BCUT2D eigenvalue weighted by Crippen LogP contribution is 2.36. The van der Waals surface area contributed by atoms with Crippen molar-refractivity contribution in [1.82, 2.24) is 4.57 Å². The van der Waals surface area contributed by atoms with E-state index in [2.05, 4.69) is 23.6 Å². The summed E-state index contributed by atoms with van der Waals surface area (Å²) in [7, 11) is 0. The first-order valence-corrected chi connectivity index (χ1v) is 11.1. The second kappa shape index (κ2) is 9.30. The Balaban J connectivity index is 1.47. The van der Waals surface area contributed by atoms with E-state index in [1.165, 1.54) is 17.2 Å². The molecular weight excluding hydrogens is 412 g/mol. The fourth-order valence-corrected chi connectivity index (χ4v) is 4.42. The highest BCUT2D eigenvalue weighted by atomic mass is 16.5. The summed E-state index contributed by atoms with van der Waals surface area (Å²) < 4.78 is 7.37. The van der Waals surface area contributed by atoms with Gasteiger partial charge in [-0.15, -0.1) is 0 Å². The third-order valence-corrected chi connectivity index (χ3v) is 6.15. The van der Waals surface area contributed by atoms with Gasteiger partial charge in [-0.25, -0.2) is 4.79 Å². The van der Waals surface area contributed by atoms with Gasteiger partial charge in [-0.2, -0.15) is 5.26 Å². The van der Waals surface area contributed by atoms with Gasteiger partial charge in [0.05, 0.1) is 0 Å². The van der Waals surface area contributed by atoms with E-state index in [4.69, 9.17) is 4.74 Å². The molecule has 2 aromatic carbocycles. The minimum atomic E-state index is -0.794. The summed E-state index contributed by atoms with van der Waals surface area (Å²) in [5.41, 5.74) is 7.83. The van der Waals surface area contributed by atoms with Crippen LogP contribution in [0.15, 0.2) is 54.1 Å². The molecule has 1 heterocycles. The van der Waals surface area contributed by atoms with E-state index >= 15 is 0 Å². The van der Waals surface area contributed by atoms with Gasteiger partial charge in [0.2, 0.25) is 0 Å². The highest BCUT2D eigenvalue weighted by molar-refractivity contribution is 6.02. The number of esters is 1. The highest BCUT2D eigenvalue weighted by Gasteiger charge is 2.21. The molecule has 0 spiro atoms. The van der Waals surface area contributed by atoms with Crippen LogP contribution in [-0.2, 0) is 22.5 Å². The zero-order valence-corrected chi connectivity index (χ0v) is 19.1. The Bertz CT molecular complexity index is 1320. The summed E-state index contributed by atoms with van der Waals surface area (Å²) in [5, 5.41) is 9.50. The van der Waals surface area contributed by atoms with Gasteiger partial charge in [-0.05, 0) is 72.7 Å². The average molecular weight is 439 g/mol. The largest absolute Gasteiger partial charge is 0.453 e. The number of ether oxygens (including phenoxy) is 1. The minimum Gasteiger partial charge on any atom is -0.453 e. The number of aryl methyl sites for hydroxylation is 1. The standard InChI is InChI=1S/C28H26N2O3/c1-4-11-30-18(2)12-23(19(30)3)14-24(16-29)28(32)33-17-27(31)22-10-9-21-13-20-7-5-6-8-25(20)26(21)15-22/h5-10,12,14-15H,4,11,13,17H2,1-3H3/b24-14+. The number of hydrogen-bond acceptors (Lipinski definition) is 4. The van der Waals surface area contributed by atoms with Crippen LogP contribution < -0.4 is 0 Å². The maximum absolute atomic E-state index is 12.7. The predicted octanol–water partition coefficient (Wildman–Crippen LogP) is 5.42. The zero-order valence-electron chi connectivity index (χ0n) is 19.1. The number of aromatic nitrogens is 1. The predicted molar refractivity (Wildman–Crippen MR) is 128 cm³/mol. The molecule has 5 nitrogen and oxygen atoms in total. The van der Waals surface area contributed by atoms with Crippen LogP contribution in [0.25, 0.3) is 17.2 Å². The van der Waals surface area contributed by atoms with E-state index in [9.17, 15) is 14.9 Å². The first-order valence-electron chi connectivity index (χ1n) is 11.1. The smallest absolute Gasteiger partial charge is 0.349 e. The molecular formula is C28H26N2O3. The topological polar surface area (TPSA) is 72.1 Å². The number of benzene rings is 2. The van der Waals surface area contributed by atoms with Crippen LogP contribution in [0.1, 0.15) is 51.8 Å². The van der Waals surface area contributed by atoms with Crippen LogP contribution in [0.2, 0.25) is 0 Å². The van der Waals surface area contributed by atoms with Crippen molar-refractivity contribution in [1.29, 1.82) is 5.26 Å². The summed E-state index contributed by atoms with van der Waals surface area (Å²) in [6.45, 7) is 6.52. The number of nitriles is 1. The van der Waals surface area contributed by atoms with Gasteiger partial charge in [-0.3, -0.25) is 4.79 Å². The van der Waals surface area contributed by atoms with Crippen molar-refractivity contribution in [3.05, 3.63) is 87.7 Å². The summed E-state index contributed by atoms with van der Waals surface area (Å²) in [5.74, 6) is -1.09. The monoisotopic (exact) mass is 438 g/mol. The van der Waals surface area contributed by atoms with E-state index in [1.807, 2.05) is 50.2 Å². The Morgan fingerprint density at radius 1 is 1.09 bits per heavy atom. The van der Waals surface area contributed by atoms with Crippen molar-refractivity contribution in [3.8, 4) is 17.2 Å². The van der Waals surface area contributed by atoms with E-state index in [0.29, 0.717) is 5.56 Å². The molecule has 0 saturated carbocycles. The van der Waals surface area contributed by atoms with Crippen molar-refractivity contribution in [2.45, 2.75) is 40.2 Å². The van der Waals surface area contributed by atoms with Crippen LogP contribution in [0, 0.1) is 25.2 Å². The van der Waals surface area contributed by atoms with Gasteiger partial charge < -0.3 is 9.30 Å². The number of ketones is 1. The number of hydrogen-bond donors (Lipinski definition) is 0. The van der Waals surface area contributed by atoms with E-state index in [1.54, 1.807) is 6.07 Å². The van der Waals surface area contributed by atoms with Gasteiger partial charge in [-0.1, -0.05) is 43.3 Å². The van der Waals surface area contributed by atoms with Crippen molar-refractivity contribution < 1.29 is 14.3 Å². The molecule has 0 amide bonds. The van der Waals surface area contributed by atoms with Crippen molar-refractivity contribution in [2.24, 2.45) is 0 Å². The van der Waals surface area contributed by atoms with Crippen molar-refractivity contribution in [2.75, 3.05) is 6.61 Å². The Labute approximate surface area is 193 Å². The Morgan fingerprint density at radius 3 is 2.61 bits per heavy atom. The van der Waals surface area contributed by atoms with E-state index in [-0.39, 0.29) is 11.4 Å². The zero-order chi connectivity index (χ0) is 23.5. The molecule has 0 radical (unpaired) electrons. The Hall–Kier alpha value is -3.91. The van der Waals surface area contributed by atoms with Gasteiger partial charge >= 0.3 is 5.97 Å². The summed E-state index contributed by atoms with van der Waals surface area (Å²) in [6, 6.07) is 17.6. The molecule has 1 aliphatic carbocycles. The fourth-order valence-electron chi connectivity index (χ4n) is 4.42. The summed E-state index contributed by atoms with van der Waals surface area (Å²) in [4.78, 5) is 25.2. The third kappa shape index (κ3) is 4.38. The van der Waals surface area contributed by atoms with Gasteiger partial charge in [0.15, 0.2) is 12.4 Å². The van der Waals surface area contributed by atoms with Gasteiger partial charge in [0, 0.05) is 23.5 Å². The molecule has 0 saturated heterocycles. The lowest BCUT2D eigenvalue weighted by Crippen LogP contribution is -2.15. The fraction of sp³-hybridized carbons (Fsp3) is 0.250. The lowest BCUT2D eigenvalue weighted by Gasteiger charge is -2.07. The number of nitrogens with zero attached hydrogens (tertiary/aromatic N) is 2. The minimum absolute atomic E-state index is 0.123. The maximum Gasteiger partial charge on any atom is 0.349 e. The molecule has 0 unspecified atom stereocenters. The first kappa shape index (κ1) is 22.3. The summed E-state index contributed by atoms with van der Waals surface area (Å²) >= 11 is 0. The second-order valence-electron chi connectivity index (χ2n) is 8.35. The van der Waals surface area contributed by atoms with E-state index < -0.39 is 12.6 Å². The van der Waals surface area contributed by atoms with Gasteiger partial charge in [0.1, 0.15) is 11.6 Å². The second-order valence-corrected chi connectivity index (χ2v) is 8.35. The van der Waals surface area contributed by atoms with Crippen molar-refractivity contribution in [3.63, 3.8) is 0 Å². The molecule has 3 aromatic rings. The third-order valence-electron chi connectivity index (χ3n) is 6.15. The first-order chi connectivity index (χ1) is 15.9. The molecule has 166 valence electrons. The lowest BCUT2D eigenvalue weighted by atomic mass is 10.0. The van der Waals surface area contributed by atoms with Gasteiger partial charge in [0.25, 0.3) is 0 Å². The molecule has 0 fully saturated rings. The SMILES string of the molecule is CCCn1c(C)cc(/C=C(\C#N)C(=O)OCC(=O)c2ccc3c(c2)-c2ccccc2C3)c1C. The Morgan fingerprint density at radius 2 is 1.85 bits per heavy atom. The molecule has 0 N–H and O–H groups in total. The Kier molecular flexibility index (Phi) is 6.28. The van der Waals surface area contributed by atoms with Crippen LogP contribution in [-0.4, -0.2) is 22.9 Å². The molecule has 4 rings (SSSR count). The number of carbonyl (C=O) groups is 2. The van der Waals surface area contributed by atoms with Crippen LogP contribution >= 0.6 is 0 Å². The molecule has 1 aromatic heterocycles. The molecule has 1 aliphatic rings. The number of carbonyl (C=O) groups excluding carboxylic acids is 2. The molecule has 0 atom stereocenters. The number of Topliss-reactive ketones (excluding diaryl/α,β-unsaturated/α-hetero) is 1. The molecule has 5 heteroatoms.